The summed E-state index contributed by atoms with van der Waals surface area (Å²) in [6.45, 7) is 4.95. The van der Waals surface area contributed by atoms with E-state index in [1.807, 2.05) is 13.8 Å². The molecule has 0 amide bonds. The van der Waals surface area contributed by atoms with Gasteiger partial charge in [-0.25, -0.2) is 0 Å². The second kappa shape index (κ2) is 6.32. The predicted octanol–water partition coefficient (Wildman–Crippen LogP) is 2.48. The number of aliphatic hydroxyl groups is 1. The van der Waals surface area contributed by atoms with E-state index >= 15 is 0 Å². The number of benzene rings is 1. The fraction of sp³-hybridized carbons (Fsp3) is 0.600. The summed E-state index contributed by atoms with van der Waals surface area (Å²) in [4.78, 5) is 0. The van der Waals surface area contributed by atoms with E-state index in [1.54, 1.807) is 0 Å². The molecule has 0 saturated carbocycles. The van der Waals surface area contributed by atoms with Crippen molar-refractivity contribution < 1.29 is 14.6 Å². The molecule has 2 atom stereocenters. The van der Waals surface area contributed by atoms with Crippen LogP contribution in [0.5, 0.6) is 0 Å². The molecule has 100 valence electrons. The molecule has 1 aromatic rings. The monoisotopic (exact) mass is 250 g/mol. The minimum absolute atomic E-state index is 0.444. The second-order valence-electron chi connectivity index (χ2n) is 4.68. The summed E-state index contributed by atoms with van der Waals surface area (Å²) in [6.07, 6.45) is 0.718. The molecule has 2 unspecified atom stereocenters. The Hall–Kier alpha value is -0.900. The van der Waals surface area contributed by atoms with Crippen molar-refractivity contribution >= 4 is 0 Å². The van der Waals surface area contributed by atoms with Gasteiger partial charge in [-0.1, -0.05) is 24.3 Å². The average molecular weight is 250 g/mol. The highest BCUT2D eigenvalue weighted by atomic mass is 16.7. The Morgan fingerprint density at radius 1 is 1.22 bits per heavy atom. The predicted molar refractivity (Wildman–Crippen MR) is 70.6 cm³/mol. The van der Waals surface area contributed by atoms with Crippen LogP contribution in [0.3, 0.4) is 0 Å². The summed E-state index contributed by atoms with van der Waals surface area (Å²) in [5, 5.41) is 10.2. The molecule has 3 heteroatoms. The minimum atomic E-state index is -0.553. The summed E-state index contributed by atoms with van der Waals surface area (Å²) in [6, 6.07) is 8.42. The van der Waals surface area contributed by atoms with Crippen LogP contribution in [-0.2, 0) is 15.9 Å². The van der Waals surface area contributed by atoms with Gasteiger partial charge in [0.2, 0.25) is 0 Å². The normalized spacial score (nSPS) is 19.4. The number of hydrogen-bond donors (Lipinski definition) is 1. The van der Waals surface area contributed by atoms with Crippen molar-refractivity contribution in [3.63, 3.8) is 0 Å². The van der Waals surface area contributed by atoms with Crippen LogP contribution in [0.2, 0.25) is 0 Å². The molecule has 0 radical (unpaired) electrons. The van der Waals surface area contributed by atoms with Gasteiger partial charge in [-0.2, -0.15) is 0 Å². The van der Waals surface area contributed by atoms with E-state index < -0.39 is 12.4 Å². The number of aliphatic hydroxyl groups excluding tert-OH is 1. The number of hydrogen-bond acceptors (Lipinski definition) is 3. The van der Waals surface area contributed by atoms with E-state index in [9.17, 15) is 5.11 Å². The van der Waals surface area contributed by atoms with Gasteiger partial charge < -0.3 is 14.6 Å². The summed E-state index contributed by atoms with van der Waals surface area (Å²) >= 11 is 0. The van der Waals surface area contributed by atoms with Crippen molar-refractivity contribution in [3.8, 4) is 0 Å². The Kier molecular flexibility index (Phi) is 4.75. The zero-order valence-corrected chi connectivity index (χ0v) is 11.1. The first-order chi connectivity index (χ1) is 8.76. The lowest BCUT2D eigenvalue weighted by Gasteiger charge is -2.33. The van der Waals surface area contributed by atoms with Crippen molar-refractivity contribution in [2.75, 3.05) is 13.2 Å². The second-order valence-corrected chi connectivity index (χ2v) is 4.68. The maximum Gasteiger partial charge on any atom is 0.183 e. The Morgan fingerprint density at radius 2 is 1.89 bits per heavy atom. The van der Waals surface area contributed by atoms with E-state index in [-0.39, 0.29) is 0 Å². The molecule has 0 heterocycles. The molecular formula is C15H22O3. The van der Waals surface area contributed by atoms with Gasteiger partial charge >= 0.3 is 0 Å². The molecule has 2 rings (SSSR count). The molecule has 0 saturated heterocycles. The molecule has 1 aromatic carbocycles. The van der Waals surface area contributed by atoms with Crippen LogP contribution in [0.15, 0.2) is 24.3 Å². The standard InChI is InChI=1S/C15H22O3/c1-3-17-15(18-4-2)14(16)10-12-9-11-7-5-6-8-13(11)12/h5-8,12,14-16H,3-4,9-10H2,1-2H3. The third-order valence-electron chi connectivity index (χ3n) is 3.46. The molecule has 0 fully saturated rings. The first-order valence-corrected chi connectivity index (χ1v) is 6.75. The maximum absolute atomic E-state index is 10.2. The van der Waals surface area contributed by atoms with Gasteiger partial charge in [0.1, 0.15) is 6.10 Å². The SMILES string of the molecule is CCOC(OCC)C(O)CC1Cc2ccccc21. The zero-order valence-electron chi connectivity index (χ0n) is 11.1. The van der Waals surface area contributed by atoms with E-state index in [4.69, 9.17) is 9.47 Å². The number of rotatable bonds is 7. The van der Waals surface area contributed by atoms with Crippen LogP contribution in [-0.4, -0.2) is 30.7 Å². The summed E-state index contributed by atoms with van der Waals surface area (Å²) in [5.74, 6) is 0.444. The summed E-state index contributed by atoms with van der Waals surface area (Å²) in [5.41, 5.74) is 2.77. The Morgan fingerprint density at radius 3 is 2.50 bits per heavy atom. The van der Waals surface area contributed by atoms with Gasteiger partial charge in [0.05, 0.1) is 0 Å². The molecule has 0 spiro atoms. The van der Waals surface area contributed by atoms with Crippen LogP contribution in [0.25, 0.3) is 0 Å². The lowest BCUT2D eigenvalue weighted by Crippen LogP contribution is -2.35. The topological polar surface area (TPSA) is 38.7 Å². The molecule has 3 nitrogen and oxygen atoms in total. The summed E-state index contributed by atoms with van der Waals surface area (Å²) in [7, 11) is 0. The highest BCUT2D eigenvalue weighted by Gasteiger charge is 2.30. The third kappa shape index (κ3) is 2.91. The first-order valence-electron chi connectivity index (χ1n) is 6.75. The summed E-state index contributed by atoms with van der Waals surface area (Å²) < 4.78 is 10.9. The highest BCUT2D eigenvalue weighted by Crippen LogP contribution is 2.38. The van der Waals surface area contributed by atoms with Gasteiger partial charge in [-0.15, -0.1) is 0 Å². The van der Waals surface area contributed by atoms with Crippen LogP contribution in [0.4, 0.5) is 0 Å². The molecule has 0 bridgehead atoms. The van der Waals surface area contributed by atoms with Gasteiger partial charge in [-0.05, 0) is 43.7 Å². The van der Waals surface area contributed by atoms with Crippen LogP contribution in [0, 0.1) is 0 Å². The fourth-order valence-electron chi connectivity index (χ4n) is 2.57. The Labute approximate surface area is 109 Å². The first kappa shape index (κ1) is 13.5. The lowest BCUT2D eigenvalue weighted by molar-refractivity contribution is -0.192. The van der Waals surface area contributed by atoms with Crippen molar-refractivity contribution in [1.82, 2.24) is 0 Å². The zero-order chi connectivity index (χ0) is 13.0. The average Bonchev–Trinajstić information content (AvgIpc) is 2.35. The minimum Gasteiger partial charge on any atom is -0.388 e. The van der Waals surface area contributed by atoms with Crippen molar-refractivity contribution in [2.24, 2.45) is 0 Å². The molecule has 0 aliphatic heterocycles. The number of fused-ring (bicyclic) bond motifs is 1. The molecule has 0 aromatic heterocycles. The van der Waals surface area contributed by atoms with E-state index in [1.165, 1.54) is 11.1 Å². The quantitative estimate of drug-likeness (QED) is 0.756. The van der Waals surface area contributed by atoms with E-state index in [2.05, 4.69) is 24.3 Å². The van der Waals surface area contributed by atoms with Crippen LogP contribution < -0.4 is 0 Å². The molecular weight excluding hydrogens is 228 g/mol. The smallest absolute Gasteiger partial charge is 0.183 e. The third-order valence-corrected chi connectivity index (χ3v) is 3.46. The number of ether oxygens (including phenoxy) is 2. The molecule has 18 heavy (non-hydrogen) atoms. The van der Waals surface area contributed by atoms with Crippen molar-refractivity contribution in [2.45, 2.75) is 45.0 Å². The van der Waals surface area contributed by atoms with E-state index in [0.29, 0.717) is 25.6 Å². The van der Waals surface area contributed by atoms with Gasteiger partial charge in [0, 0.05) is 13.2 Å². The molecule has 1 aliphatic carbocycles. The molecule has 1 aliphatic rings. The Bertz CT molecular complexity index is 372. The van der Waals surface area contributed by atoms with Crippen molar-refractivity contribution in [3.05, 3.63) is 35.4 Å². The van der Waals surface area contributed by atoms with Gasteiger partial charge in [-0.3, -0.25) is 0 Å². The van der Waals surface area contributed by atoms with Crippen molar-refractivity contribution in [1.29, 1.82) is 0 Å². The van der Waals surface area contributed by atoms with Gasteiger partial charge in [0.25, 0.3) is 0 Å². The largest absolute Gasteiger partial charge is 0.388 e. The maximum atomic E-state index is 10.2. The van der Waals surface area contributed by atoms with E-state index in [0.717, 1.165) is 6.42 Å². The fourth-order valence-corrected chi connectivity index (χ4v) is 2.57. The Balaban J connectivity index is 1.90. The lowest BCUT2D eigenvalue weighted by atomic mass is 9.75. The van der Waals surface area contributed by atoms with Crippen LogP contribution >= 0.6 is 0 Å². The highest BCUT2D eigenvalue weighted by molar-refractivity contribution is 5.39. The van der Waals surface area contributed by atoms with Crippen LogP contribution in [0.1, 0.15) is 37.3 Å². The van der Waals surface area contributed by atoms with Gasteiger partial charge in [0.15, 0.2) is 6.29 Å². The molecule has 1 N–H and O–H groups in total.